The predicted molar refractivity (Wildman–Crippen MR) is 83.4 cm³/mol. The van der Waals surface area contributed by atoms with Crippen molar-refractivity contribution < 1.29 is 17.2 Å². The van der Waals surface area contributed by atoms with E-state index >= 15 is 0 Å². The van der Waals surface area contributed by atoms with Crippen LogP contribution in [0.3, 0.4) is 0 Å². The minimum absolute atomic E-state index is 0.0455. The van der Waals surface area contributed by atoms with Crippen molar-refractivity contribution in [1.29, 1.82) is 0 Å². The highest BCUT2D eigenvalue weighted by Gasteiger charge is 2.22. The van der Waals surface area contributed by atoms with Gasteiger partial charge in [-0.1, -0.05) is 0 Å². The molecule has 0 aliphatic heterocycles. The average molecular weight is 442 g/mol. The standard InChI is InChI=1S/C12H8Br2F2N2O2S/c13-7-2-1-6(15)3-11(7)18-21(19,20)12-5-10(17)8(14)4-9(12)16/h1-5,18H,17H2. The third-order valence-electron chi connectivity index (χ3n) is 2.51. The lowest BCUT2D eigenvalue weighted by atomic mass is 10.3. The van der Waals surface area contributed by atoms with Gasteiger partial charge in [0, 0.05) is 14.6 Å². The lowest BCUT2D eigenvalue weighted by Gasteiger charge is -2.11. The van der Waals surface area contributed by atoms with Gasteiger partial charge in [0.2, 0.25) is 0 Å². The predicted octanol–water partition coefficient (Wildman–Crippen LogP) is 3.87. The maximum atomic E-state index is 13.8. The van der Waals surface area contributed by atoms with Crippen molar-refractivity contribution in [1.82, 2.24) is 0 Å². The summed E-state index contributed by atoms with van der Waals surface area (Å²) in [5.74, 6) is -1.61. The zero-order valence-corrected chi connectivity index (χ0v) is 14.2. The van der Waals surface area contributed by atoms with Crippen molar-refractivity contribution >= 4 is 53.3 Å². The maximum Gasteiger partial charge on any atom is 0.264 e. The first-order chi connectivity index (χ1) is 9.70. The Morgan fingerprint density at radius 2 is 1.71 bits per heavy atom. The van der Waals surface area contributed by atoms with E-state index in [0.717, 1.165) is 24.3 Å². The number of anilines is 2. The highest BCUT2D eigenvalue weighted by molar-refractivity contribution is 9.11. The SMILES string of the molecule is Nc1cc(S(=O)(=O)Nc2cc(F)ccc2Br)c(F)cc1Br. The summed E-state index contributed by atoms with van der Waals surface area (Å²) in [5, 5.41) is 0. The number of hydrogen-bond acceptors (Lipinski definition) is 3. The largest absolute Gasteiger partial charge is 0.398 e. The fraction of sp³-hybridized carbons (Fsp3) is 0. The molecule has 0 unspecified atom stereocenters. The lowest BCUT2D eigenvalue weighted by molar-refractivity contribution is 0.570. The minimum atomic E-state index is -4.25. The molecule has 2 rings (SSSR count). The fourth-order valence-electron chi connectivity index (χ4n) is 1.53. The fourth-order valence-corrected chi connectivity index (χ4v) is 3.48. The minimum Gasteiger partial charge on any atom is -0.398 e. The van der Waals surface area contributed by atoms with Gasteiger partial charge in [-0.05, 0) is 62.2 Å². The summed E-state index contributed by atoms with van der Waals surface area (Å²) in [5.41, 5.74) is 5.58. The Kier molecular flexibility index (Phi) is 4.54. The summed E-state index contributed by atoms with van der Waals surface area (Å²) in [6.45, 7) is 0. The highest BCUT2D eigenvalue weighted by atomic mass is 79.9. The molecule has 0 aliphatic carbocycles. The number of sulfonamides is 1. The Balaban J connectivity index is 2.48. The van der Waals surface area contributed by atoms with Gasteiger partial charge in [0.1, 0.15) is 16.5 Å². The van der Waals surface area contributed by atoms with Gasteiger partial charge < -0.3 is 5.73 Å². The number of nitrogens with two attached hydrogens (primary N) is 1. The van der Waals surface area contributed by atoms with E-state index in [0.29, 0.717) is 4.47 Å². The number of nitrogen functional groups attached to an aromatic ring is 1. The van der Waals surface area contributed by atoms with Crippen LogP contribution in [-0.4, -0.2) is 8.42 Å². The molecule has 0 aliphatic rings. The average Bonchev–Trinajstić information content (AvgIpc) is 2.37. The van der Waals surface area contributed by atoms with Crippen LogP contribution in [0.1, 0.15) is 0 Å². The molecule has 0 atom stereocenters. The molecule has 2 aromatic carbocycles. The molecule has 9 heteroatoms. The Morgan fingerprint density at radius 1 is 1.05 bits per heavy atom. The molecule has 0 spiro atoms. The van der Waals surface area contributed by atoms with Crippen LogP contribution in [0, 0.1) is 11.6 Å². The van der Waals surface area contributed by atoms with E-state index in [1.54, 1.807) is 0 Å². The van der Waals surface area contributed by atoms with Crippen LogP contribution in [0.25, 0.3) is 0 Å². The second kappa shape index (κ2) is 5.90. The molecular formula is C12H8Br2F2N2O2S. The Labute approximate surface area is 136 Å². The molecular weight excluding hydrogens is 434 g/mol. The Hall–Kier alpha value is -1.19. The lowest BCUT2D eigenvalue weighted by Crippen LogP contribution is -2.15. The molecule has 0 amide bonds. The van der Waals surface area contributed by atoms with E-state index in [9.17, 15) is 17.2 Å². The summed E-state index contributed by atoms with van der Waals surface area (Å²) in [6, 6.07) is 5.39. The summed E-state index contributed by atoms with van der Waals surface area (Å²) in [4.78, 5) is -0.626. The van der Waals surface area contributed by atoms with Crippen LogP contribution in [0.4, 0.5) is 20.2 Å². The molecule has 0 aromatic heterocycles. The third-order valence-corrected chi connectivity index (χ3v) is 5.27. The van der Waals surface area contributed by atoms with Crippen LogP contribution < -0.4 is 10.5 Å². The van der Waals surface area contributed by atoms with E-state index in [2.05, 4.69) is 36.6 Å². The number of nitrogens with one attached hydrogen (secondary N) is 1. The topological polar surface area (TPSA) is 72.2 Å². The molecule has 0 saturated carbocycles. The van der Waals surface area contributed by atoms with E-state index in [4.69, 9.17) is 5.73 Å². The molecule has 112 valence electrons. The van der Waals surface area contributed by atoms with Crippen molar-refractivity contribution in [2.45, 2.75) is 4.90 Å². The van der Waals surface area contributed by atoms with E-state index in [-0.39, 0.29) is 15.8 Å². The van der Waals surface area contributed by atoms with E-state index in [1.165, 1.54) is 6.07 Å². The van der Waals surface area contributed by atoms with Gasteiger partial charge in [-0.2, -0.15) is 0 Å². The zero-order valence-electron chi connectivity index (χ0n) is 10.2. The van der Waals surface area contributed by atoms with Gasteiger partial charge >= 0.3 is 0 Å². The summed E-state index contributed by atoms with van der Waals surface area (Å²) >= 11 is 6.08. The number of hydrogen-bond donors (Lipinski definition) is 2. The second-order valence-electron chi connectivity index (χ2n) is 4.03. The number of halogens is 4. The third kappa shape index (κ3) is 3.53. The van der Waals surface area contributed by atoms with Crippen LogP contribution in [0.15, 0.2) is 44.2 Å². The zero-order chi connectivity index (χ0) is 15.8. The van der Waals surface area contributed by atoms with Crippen molar-refractivity contribution in [3.8, 4) is 0 Å². The van der Waals surface area contributed by atoms with E-state index < -0.39 is 26.6 Å². The Bertz CT molecular complexity index is 813. The summed E-state index contributed by atoms with van der Waals surface area (Å²) in [6.07, 6.45) is 0. The molecule has 0 saturated heterocycles. The molecule has 21 heavy (non-hydrogen) atoms. The van der Waals surface area contributed by atoms with Gasteiger partial charge in [-0.25, -0.2) is 17.2 Å². The van der Waals surface area contributed by atoms with Crippen LogP contribution in [-0.2, 0) is 10.0 Å². The molecule has 0 radical (unpaired) electrons. The van der Waals surface area contributed by atoms with Crippen molar-refractivity contribution in [2.75, 3.05) is 10.5 Å². The van der Waals surface area contributed by atoms with Crippen LogP contribution in [0.2, 0.25) is 0 Å². The van der Waals surface area contributed by atoms with E-state index in [1.807, 2.05) is 0 Å². The highest BCUT2D eigenvalue weighted by Crippen LogP contribution is 2.29. The molecule has 4 nitrogen and oxygen atoms in total. The first-order valence-corrected chi connectivity index (χ1v) is 8.50. The van der Waals surface area contributed by atoms with Crippen LogP contribution in [0.5, 0.6) is 0 Å². The second-order valence-corrected chi connectivity index (χ2v) is 7.39. The van der Waals surface area contributed by atoms with Crippen molar-refractivity contribution in [3.05, 3.63) is 50.9 Å². The van der Waals surface area contributed by atoms with Gasteiger partial charge in [0.25, 0.3) is 10.0 Å². The van der Waals surface area contributed by atoms with Gasteiger partial charge in [0.15, 0.2) is 0 Å². The number of rotatable bonds is 3. The van der Waals surface area contributed by atoms with Gasteiger partial charge in [0.05, 0.1) is 5.69 Å². The maximum absolute atomic E-state index is 13.8. The molecule has 0 bridgehead atoms. The monoisotopic (exact) mass is 440 g/mol. The van der Waals surface area contributed by atoms with Gasteiger partial charge in [-0.3, -0.25) is 4.72 Å². The van der Waals surface area contributed by atoms with Crippen molar-refractivity contribution in [2.24, 2.45) is 0 Å². The molecule has 3 N–H and O–H groups in total. The molecule has 0 fully saturated rings. The number of benzene rings is 2. The first-order valence-electron chi connectivity index (χ1n) is 5.43. The summed E-state index contributed by atoms with van der Waals surface area (Å²) < 4.78 is 54.0. The normalized spacial score (nSPS) is 11.4. The Morgan fingerprint density at radius 3 is 2.38 bits per heavy atom. The first kappa shape index (κ1) is 16.2. The van der Waals surface area contributed by atoms with Gasteiger partial charge in [-0.15, -0.1) is 0 Å². The summed E-state index contributed by atoms with van der Waals surface area (Å²) in [7, 11) is -4.25. The van der Waals surface area contributed by atoms with Crippen molar-refractivity contribution in [3.63, 3.8) is 0 Å². The molecule has 0 heterocycles. The van der Waals surface area contributed by atoms with Crippen LogP contribution >= 0.6 is 31.9 Å². The molecule has 2 aromatic rings. The quantitative estimate of drug-likeness (QED) is 0.710. The smallest absolute Gasteiger partial charge is 0.264 e.